The lowest BCUT2D eigenvalue weighted by atomic mass is 9.90. The van der Waals surface area contributed by atoms with Crippen LogP contribution in [-0.2, 0) is 27.7 Å². The topological polar surface area (TPSA) is 110 Å². The van der Waals surface area contributed by atoms with E-state index in [2.05, 4.69) is 26.9 Å². The molecule has 10 heteroatoms. The van der Waals surface area contributed by atoms with E-state index in [1.165, 1.54) is 32.9 Å². The molecule has 0 spiro atoms. The van der Waals surface area contributed by atoms with Gasteiger partial charge in [-0.05, 0) is 90.4 Å². The number of carbonyl (C=O) groups excluding carboxylic acids is 1. The molecule has 2 aliphatic rings. The van der Waals surface area contributed by atoms with E-state index in [0.29, 0.717) is 25.1 Å². The van der Waals surface area contributed by atoms with Crippen molar-refractivity contribution < 1.29 is 13.2 Å². The molecule has 0 bridgehead atoms. The molecule has 0 saturated carbocycles. The summed E-state index contributed by atoms with van der Waals surface area (Å²) in [5, 5.41) is 14.1. The molecule has 1 atom stereocenters. The SMILES string of the molecule is O=C(Nc1cccc2c1CCCC2)C1CCCN(S(=O)(=O)c2ccc(-n3cnnn3)cc2)C1. The molecule has 1 N–H and O–H groups in total. The minimum absolute atomic E-state index is 0.108. The summed E-state index contributed by atoms with van der Waals surface area (Å²) in [7, 11) is -3.71. The van der Waals surface area contributed by atoms with Crippen LogP contribution in [-0.4, -0.2) is 51.9 Å². The zero-order chi connectivity index (χ0) is 22.8. The van der Waals surface area contributed by atoms with E-state index in [1.807, 2.05) is 12.1 Å². The van der Waals surface area contributed by atoms with Crippen LogP contribution in [0.4, 0.5) is 5.69 Å². The second-order valence-electron chi connectivity index (χ2n) is 8.59. The van der Waals surface area contributed by atoms with Crippen molar-refractivity contribution in [2.24, 2.45) is 5.92 Å². The van der Waals surface area contributed by atoms with Crippen LogP contribution in [0.3, 0.4) is 0 Å². The maximum absolute atomic E-state index is 13.3. The van der Waals surface area contributed by atoms with Gasteiger partial charge in [0.25, 0.3) is 0 Å². The maximum Gasteiger partial charge on any atom is 0.243 e. The highest BCUT2D eigenvalue weighted by Gasteiger charge is 2.33. The summed E-state index contributed by atoms with van der Waals surface area (Å²) in [6, 6.07) is 12.5. The van der Waals surface area contributed by atoms with Crippen LogP contribution >= 0.6 is 0 Å². The molecule has 1 aliphatic carbocycles. The van der Waals surface area contributed by atoms with E-state index in [1.54, 1.807) is 24.3 Å². The molecule has 1 unspecified atom stereocenters. The van der Waals surface area contributed by atoms with Gasteiger partial charge in [-0.25, -0.2) is 13.1 Å². The maximum atomic E-state index is 13.3. The fourth-order valence-corrected chi connectivity index (χ4v) is 6.23. The Hall–Kier alpha value is -3.11. The first-order valence-electron chi connectivity index (χ1n) is 11.3. The van der Waals surface area contributed by atoms with Crippen molar-refractivity contribution in [2.45, 2.75) is 43.4 Å². The summed E-state index contributed by atoms with van der Waals surface area (Å²) in [5.74, 6) is -0.489. The number of anilines is 1. The fourth-order valence-electron chi connectivity index (χ4n) is 4.71. The van der Waals surface area contributed by atoms with E-state index in [4.69, 9.17) is 0 Å². The second-order valence-corrected chi connectivity index (χ2v) is 10.5. The number of hydrogen-bond acceptors (Lipinski definition) is 6. The number of aromatic nitrogens is 4. The van der Waals surface area contributed by atoms with Gasteiger partial charge in [0.05, 0.1) is 16.5 Å². The summed E-state index contributed by atoms with van der Waals surface area (Å²) >= 11 is 0. The molecule has 2 heterocycles. The number of nitrogens with zero attached hydrogens (tertiary/aromatic N) is 5. The van der Waals surface area contributed by atoms with Gasteiger partial charge in [-0.15, -0.1) is 5.10 Å². The summed E-state index contributed by atoms with van der Waals surface area (Å²) in [5.41, 5.74) is 4.06. The van der Waals surface area contributed by atoms with Crippen molar-refractivity contribution in [3.63, 3.8) is 0 Å². The Morgan fingerprint density at radius 2 is 1.85 bits per heavy atom. The smallest absolute Gasteiger partial charge is 0.243 e. The molecule has 1 aliphatic heterocycles. The summed E-state index contributed by atoms with van der Waals surface area (Å²) in [6.07, 6.45) is 7.08. The van der Waals surface area contributed by atoms with Crippen molar-refractivity contribution in [1.82, 2.24) is 24.5 Å². The molecular formula is C23H26N6O3S. The predicted molar refractivity (Wildman–Crippen MR) is 122 cm³/mol. The van der Waals surface area contributed by atoms with Crippen LogP contribution in [0, 0.1) is 5.92 Å². The molecule has 1 fully saturated rings. The Morgan fingerprint density at radius 3 is 2.64 bits per heavy atom. The fraction of sp³-hybridized carbons (Fsp3) is 0.391. The number of hydrogen-bond donors (Lipinski definition) is 1. The lowest BCUT2D eigenvalue weighted by Crippen LogP contribution is -2.43. The molecule has 5 rings (SSSR count). The molecule has 0 radical (unpaired) electrons. The average molecular weight is 467 g/mol. The van der Waals surface area contributed by atoms with Crippen LogP contribution in [0.25, 0.3) is 5.69 Å². The Balaban J connectivity index is 1.29. The predicted octanol–water partition coefficient (Wildman–Crippen LogP) is 2.58. The van der Waals surface area contributed by atoms with Gasteiger partial charge in [0.1, 0.15) is 6.33 Å². The zero-order valence-electron chi connectivity index (χ0n) is 18.2. The molecule has 1 saturated heterocycles. The van der Waals surface area contributed by atoms with Gasteiger partial charge in [0.2, 0.25) is 15.9 Å². The largest absolute Gasteiger partial charge is 0.326 e. The van der Waals surface area contributed by atoms with Crippen molar-refractivity contribution in [2.75, 3.05) is 18.4 Å². The first-order valence-corrected chi connectivity index (χ1v) is 12.7. The minimum atomic E-state index is -3.71. The van der Waals surface area contributed by atoms with Gasteiger partial charge in [0, 0.05) is 18.8 Å². The van der Waals surface area contributed by atoms with Crippen molar-refractivity contribution in [1.29, 1.82) is 0 Å². The second kappa shape index (κ2) is 9.03. The number of aryl methyl sites for hydroxylation is 1. The summed E-state index contributed by atoms with van der Waals surface area (Å²) < 4.78 is 29.4. The number of rotatable bonds is 5. The first kappa shape index (κ1) is 21.7. The van der Waals surface area contributed by atoms with Crippen molar-refractivity contribution in [3.05, 3.63) is 59.9 Å². The number of carbonyl (C=O) groups is 1. The molecule has 3 aromatic rings. The Bertz CT molecular complexity index is 1240. The normalized spacial score (nSPS) is 19.1. The van der Waals surface area contributed by atoms with Crippen molar-refractivity contribution >= 4 is 21.6 Å². The van der Waals surface area contributed by atoms with Gasteiger partial charge in [0.15, 0.2) is 0 Å². The molecule has 1 aromatic heterocycles. The molecule has 1 amide bonds. The summed E-state index contributed by atoms with van der Waals surface area (Å²) in [6.45, 7) is 0.583. The average Bonchev–Trinajstić information content (AvgIpc) is 3.40. The van der Waals surface area contributed by atoms with E-state index in [0.717, 1.165) is 24.9 Å². The number of benzene rings is 2. The molecule has 33 heavy (non-hydrogen) atoms. The standard InChI is InChI=1S/C23H26N6O3S/c30-23(25-22-9-3-6-17-5-1-2-8-21(17)22)18-7-4-14-28(15-18)33(31,32)20-12-10-19(11-13-20)29-16-24-26-27-29/h3,6,9-13,16,18H,1-2,4-5,7-8,14-15H2,(H,25,30). The first-order chi connectivity index (χ1) is 16.0. The van der Waals surface area contributed by atoms with Crippen LogP contribution < -0.4 is 5.32 Å². The lowest BCUT2D eigenvalue weighted by molar-refractivity contribution is -0.120. The number of sulfonamides is 1. The van der Waals surface area contributed by atoms with Gasteiger partial charge in [-0.2, -0.15) is 4.31 Å². The third-order valence-electron chi connectivity index (χ3n) is 6.50. The number of piperidine rings is 1. The molecule has 172 valence electrons. The molecular weight excluding hydrogens is 440 g/mol. The minimum Gasteiger partial charge on any atom is -0.326 e. The highest BCUT2D eigenvalue weighted by atomic mass is 32.2. The molecule has 9 nitrogen and oxygen atoms in total. The van der Waals surface area contributed by atoms with E-state index in [-0.39, 0.29) is 23.3 Å². The van der Waals surface area contributed by atoms with Crippen LogP contribution in [0.1, 0.15) is 36.8 Å². The van der Waals surface area contributed by atoms with Crippen LogP contribution in [0.2, 0.25) is 0 Å². The van der Waals surface area contributed by atoms with E-state index in [9.17, 15) is 13.2 Å². The third-order valence-corrected chi connectivity index (χ3v) is 8.38. The molecule has 2 aromatic carbocycles. The highest BCUT2D eigenvalue weighted by molar-refractivity contribution is 7.89. The lowest BCUT2D eigenvalue weighted by Gasteiger charge is -2.31. The van der Waals surface area contributed by atoms with Crippen LogP contribution in [0.15, 0.2) is 53.7 Å². The highest BCUT2D eigenvalue weighted by Crippen LogP contribution is 2.30. The number of tetrazole rings is 1. The van der Waals surface area contributed by atoms with Gasteiger partial charge < -0.3 is 5.32 Å². The van der Waals surface area contributed by atoms with Gasteiger partial charge >= 0.3 is 0 Å². The monoisotopic (exact) mass is 466 g/mol. The van der Waals surface area contributed by atoms with Gasteiger partial charge in [-0.1, -0.05) is 12.1 Å². The Morgan fingerprint density at radius 1 is 1.03 bits per heavy atom. The summed E-state index contributed by atoms with van der Waals surface area (Å²) in [4.78, 5) is 13.3. The number of amides is 1. The number of nitrogens with one attached hydrogen (secondary N) is 1. The Labute approximate surface area is 192 Å². The van der Waals surface area contributed by atoms with E-state index < -0.39 is 10.0 Å². The van der Waals surface area contributed by atoms with Crippen molar-refractivity contribution in [3.8, 4) is 5.69 Å². The quantitative estimate of drug-likeness (QED) is 0.619. The van der Waals surface area contributed by atoms with Crippen LogP contribution in [0.5, 0.6) is 0 Å². The van der Waals surface area contributed by atoms with Gasteiger partial charge in [-0.3, -0.25) is 4.79 Å². The third kappa shape index (κ3) is 4.40. The zero-order valence-corrected chi connectivity index (χ0v) is 19.0. The Kier molecular flexibility index (Phi) is 5.94. The number of fused-ring (bicyclic) bond motifs is 1. The van der Waals surface area contributed by atoms with E-state index >= 15 is 0 Å².